The van der Waals surface area contributed by atoms with Gasteiger partial charge in [-0.25, -0.2) is 4.79 Å². The van der Waals surface area contributed by atoms with Gasteiger partial charge in [0.25, 0.3) is 0 Å². The molecule has 102 valence electrons. The number of nitrogens with zero attached hydrogens (tertiary/aromatic N) is 1. The van der Waals surface area contributed by atoms with E-state index in [0.29, 0.717) is 19.5 Å². The van der Waals surface area contributed by atoms with Gasteiger partial charge in [-0.05, 0) is 33.6 Å². The molecule has 0 bridgehead atoms. The molecular formula is C14H23NO3. The zero-order valence-electron chi connectivity index (χ0n) is 11.6. The molecule has 0 aromatic carbocycles. The molecule has 1 amide bonds. The van der Waals surface area contributed by atoms with Crippen LogP contribution < -0.4 is 0 Å². The van der Waals surface area contributed by atoms with E-state index in [1.807, 2.05) is 20.8 Å². The molecule has 18 heavy (non-hydrogen) atoms. The Balaban J connectivity index is 2.42. The van der Waals surface area contributed by atoms with Crippen molar-refractivity contribution in [3.63, 3.8) is 0 Å². The van der Waals surface area contributed by atoms with Gasteiger partial charge >= 0.3 is 6.09 Å². The minimum absolute atomic E-state index is 0.0710. The van der Waals surface area contributed by atoms with Crippen LogP contribution in [-0.2, 0) is 9.53 Å². The maximum atomic E-state index is 11.8. The molecule has 1 rings (SSSR count). The molecule has 1 aliphatic heterocycles. The van der Waals surface area contributed by atoms with E-state index in [-0.39, 0.29) is 17.8 Å². The van der Waals surface area contributed by atoms with Gasteiger partial charge in [0.1, 0.15) is 11.4 Å². The topological polar surface area (TPSA) is 46.6 Å². The molecule has 0 atom stereocenters. The Labute approximate surface area is 109 Å². The molecule has 1 heterocycles. The molecule has 0 radical (unpaired) electrons. The van der Waals surface area contributed by atoms with Gasteiger partial charge in [0, 0.05) is 25.4 Å². The number of carbonyl (C=O) groups excluding carboxylic acids is 2. The van der Waals surface area contributed by atoms with Gasteiger partial charge in [0.15, 0.2) is 0 Å². The fourth-order valence-electron chi connectivity index (χ4n) is 2.02. The summed E-state index contributed by atoms with van der Waals surface area (Å²) >= 11 is 0. The summed E-state index contributed by atoms with van der Waals surface area (Å²) in [6.45, 7) is 10.3. The molecule has 1 fully saturated rings. The number of piperidine rings is 1. The first-order valence-corrected chi connectivity index (χ1v) is 6.45. The Kier molecular flexibility index (Phi) is 4.93. The summed E-state index contributed by atoms with van der Waals surface area (Å²) in [4.78, 5) is 25.2. The van der Waals surface area contributed by atoms with Crippen LogP contribution in [0.25, 0.3) is 0 Å². The van der Waals surface area contributed by atoms with Crippen molar-refractivity contribution in [3.8, 4) is 0 Å². The number of hydrogen-bond acceptors (Lipinski definition) is 3. The lowest BCUT2D eigenvalue weighted by Gasteiger charge is -2.32. The van der Waals surface area contributed by atoms with Gasteiger partial charge in [0.2, 0.25) is 0 Å². The van der Waals surface area contributed by atoms with Crippen LogP contribution in [0.1, 0.15) is 40.0 Å². The van der Waals surface area contributed by atoms with E-state index in [0.717, 1.165) is 12.8 Å². The predicted octanol–water partition coefficient (Wildman–Crippen LogP) is 2.78. The van der Waals surface area contributed by atoms with Crippen molar-refractivity contribution in [2.24, 2.45) is 5.92 Å². The first kappa shape index (κ1) is 14.7. The number of allylic oxidation sites excluding steroid dienone is 1. The number of Topliss-reactive ketones (excluding diaryl/α,β-unsaturated/α-hetero) is 1. The Hall–Kier alpha value is -1.32. The highest BCUT2D eigenvalue weighted by Gasteiger charge is 2.29. The number of carbonyl (C=O) groups is 2. The second-order valence-corrected chi connectivity index (χ2v) is 5.70. The van der Waals surface area contributed by atoms with Crippen molar-refractivity contribution in [1.29, 1.82) is 0 Å². The average Bonchev–Trinajstić information content (AvgIpc) is 2.27. The summed E-state index contributed by atoms with van der Waals surface area (Å²) < 4.78 is 5.31. The van der Waals surface area contributed by atoms with Gasteiger partial charge in [-0.15, -0.1) is 6.58 Å². The largest absolute Gasteiger partial charge is 0.444 e. The van der Waals surface area contributed by atoms with Crippen LogP contribution >= 0.6 is 0 Å². The molecule has 0 N–H and O–H groups in total. The molecular weight excluding hydrogens is 230 g/mol. The molecule has 4 heteroatoms. The Morgan fingerprint density at radius 3 is 2.33 bits per heavy atom. The summed E-state index contributed by atoms with van der Waals surface area (Å²) in [6, 6.07) is 0. The number of likely N-dealkylation sites (tertiary alicyclic amines) is 1. The highest BCUT2D eigenvalue weighted by molar-refractivity contribution is 5.82. The van der Waals surface area contributed by atoms with Crippen molar-refractivity contribution in [1.82, 2.24) is 4.90 Å². The Morgan fingerprint density at radius 1 is 1.33 bits per heavy atom. The van der Waals surface area contributed by atoms with Gasteiger partial charge in [-0.1, -0.05) is 6.08 Å². The summed E-state index contributed by atoms with van der Waals surface area (Å²) in [6.07, 6.45) is 3.24. The van der Waals surface area contributed by atoms with Crippen LogP contribution in [0.2, 0.25) is 0 Å². The Bertz CT molecular complexity index is 322. The predicted molar refractivity (Wildman–Crippen MR) is 70.4 cm³/mol. The number of hydrogen-bond donors (Lipinski definition) is 0. The maximum Gasteiger partial charge on any atom is 0.410 e. The van der Waals surface area contributed by atoms with Crippen molar-refractivity contribution in [3.05, 3.63) is 12.7 Å². The normalized spacial score (nSPS) is 17.4. The van der Waals surface area contributed by atoms with Gasteiger partial charge in [0.05, 0.1) is 0 Å². The molecule has 0 aromatic heterocycles. The van der Waals surface area contributed by atoms with Crippen LogP contribution in [0.3, 0.4) is 0 Å². The SMILES string of the molecule is C=CCC(=O)C1CCN(C(=O)OC(C)(C)C)CC1. The lowest BCUT2D eigenvalue weighted by molar-refractivity contribution is -0.123. The summed E-state index contributed by atoms with van der Waals surface area (Å²) in [5.74, 6) is 0.301. The molecule has 0 saturated carbocycles. The highest BCUT2D eigenvalue weighted by Crippen LogP contribution is 2.21. The van der Waals surface area contributed by atoms with E-state index in [1.165, 1.54) is 0 Å². The van der Waals surface area contributed by atoms with E-state index in [1.54, 1.807) is 11.0 Å². The van der Waals surface area contributed by atoms with Gasteiger partial charge < -0.3 is 9.64 Å². The van der Waals surface area contributed by atoms with E-state index in [2.05, 4.69) is 6.58 Å². The van der Waals surface area contributed by atoms with Gasteiger partial charge in [-0.2, -0.15) is 0 Å². The first-order valence-electron chi connectivity index (χ1n) is 6.45. The number of amides is 1. The lowest BCUT2D eigenvalue weighted by Crippen LogP contribution is -2.42. The fourth-order valence-corrected chi connectivity index (χ4v) is 2.02. The summed E-state index contributed by atoms with van der Waals surface area (Å²) in [7, 11) is 0. The van der Waals surface area contributed by atoms with Crippen LogP contribution in [0.15, 0.2) is 12.7 Å². The quantitative estimate of drug-likeness (QED) is 0.727. The van der Waals surface area contributed by atoms with E-state index in [4.69, 9.17) is 4.74 Å². The molecule has 0 spiro atoms. The third kappa shape index (κ3) is 4.51. The number of ketones is 1. The fraction of sp³-hybridized carbons (Fsp3) is 0.714. The summed E-state index contributed by atoms with van der Waals surface area (Å²) in [5.41, 5.74) is -0.466. The summed E-state index contributed by atoms with van der Waals surface area (Å²) in [5, 5.41) is 0. The van der Waals surface area contributed by atoms with Crippen molar-refractivity contribution >= 4 is 11.9 Å². The van der Waals surface area contributed by atoms with E-state index >= 15 is 0 Å². The van der Waals surface area contributed by atoms with Crippen LogP contribution in [0.4, 0.5) is 4.79 Å². The highest BCUT2D eigenvalue weighted by atomic mass is 16.6. The van der Waals surface area contributed by atoms with Crippen molar-refractivity contribution in [2.45, 2.75) is 45.6 Å². The number of ether oxygens (including phenoxy) is 1. The average molecular weight is 253 g/mol. The standard InChI is InChI=1S/C14H23NO3/c1-5-6-12(16)11-7-9-15(10-8-11)13(17)18-14(2,3)4/h5,11H,1,6-10H2,2-4H3. The molecule has 0 aliphatic carbocycles. The van der Waals surface area contributed by atoms with Crippen molar-refractivity contribution in [2.75, 3.05) is 13.1 Å². The van der Waals surface area contributed by atoms with Crippen LogP contribution in [0.5, 0.6) is 0 Å². The molecule has 1 aliphatic rings. The molecule has 4 nitrogen and oxygen atoms in total. The molecule has 0 aromatic rings. The van der Waals surface area contributed by atoms with E-state index in [9.17, 15) is 9.59 Å². The first-order chi connectivity index (χ1) is 8.33. The molecule has 1 saturated heterocycles. The third-order valence-electron chi connectivity index (χ3n) is 2.95. The van der Waals surface area contributed by atoms with Crippen molar-refractivity contribution < 1.29 is 14.3 Å². The van der Waals surface area contributed by atoms with Gasteiger partial charge in [-0.3, -0.25) is 4.79 Å². The second-order valence-electron chi connectivity index (χ2n) is 5.70. The molecule has 0 unspecified atom stereocenters. The van der Waals surface area contributed by atoms with Crippen LogP contribution in [0, 0.1) is 5.92 Å². The number of rotatable bonds is 3. The monoisotopic (exact) mass is 253 g/mol. The zero-order chi connectivity index (χ0) is 13.8. The van der Waals surface area contributed by atoms with E-state index < -0.39 is 5.60 Å². The lowest BCUT2D eigenvalue weighted by atomic mass is 9.91. The smallest absolute Gasteiger partial charge is 0.410 e. The zero-order valence-corrected chi connectivity index (χ0v) is 11.6. The third-order valence-corrected chi connectivity index (χ3v) is 2.95. The Morgan fingerprint density at radius 2 is 1.89 bits per heavy atom. The minimum atomic E-state index is -0.466. The van der Waals surface area contributed by atoms with Crippen LogP contribution in [-0.4, -0.2) is 35.5 Å². The second kappa shape index (κ2) is 6.03. The maximum absolute atomic E-state index is 11.8. The minimum Gasteiger partial charge on any atom is -0.444 e.